The SMILES string of the molecule is Cc1cc2cc(n1)-c1cnn(C3CC3)c1OCCC[C@@H](C1CC1)Cn1c(nc3cc(NCCN4CCOCC4)ccc31)NC2=O. The first-order chi connectivity index (χ1) is 22.1. The highest BCUT2D eigenvalue weighted by Gasteiger charge is 2.33. The number of morpholine rings is 1. The van der Waals surface area contributed by atoms with Crippen molar-refractivity contribution in [1.82, 2.24) is 29.2 Å². The third kappa shape index (κ3) is 6.15. The standard InChI is InChI=1S/C34H42N8O3/c1-22-17-25-18-29(37-22)28-20-36-42(27-7-8-27)33(28)45-14-2-3-24(23-4-5-23)21-41-31-9-6-26(19-30(31)38-34(41)39-32(25)43)35-10-11-40-12-15-44-16-13-40/h6,9,17-20,23-24,27,35H,2-5,7-8,10-16,21H2,1H3,(H,38,39,43)/t24-/m1/s1. The van der Waals surface area contributed by atoms with Crippen molar-refractivity contribution in [3.63, 3.8) is 0 Å². The molecule has 8 rings (SSSR count). The summed E-state index contributed by atoms with van der Waals surface area (Å²) >= 11 is 0. The minimum Gasteiger partial charge on any atom is -0.477 e. The largest absolute Gasteiger partial charge is 0.477 e. The Bertz CT molecular complexity index is 1700. The molecule has 3 fully saturated rings. The molecule has 4 aliphatic rings. The zero-order valence-corrected chi connectivity index (χ0v) is 26.0. The minimum absolute atomic E-state index is 0.197. The Morgan fingerprint density at radius 1 is 1.00 bits per heavy atom. The first kappa shape index (κ1) is 28.5. The summed E-state index contributed by atoms with van der Waals surface area (Å²) < 4.78 is 16.2. The molecule has 45 heavy (non-hydrogen) atoms. The van der Waals surface area contributed by atoms with Gasteiger partial charge >= 0.3 is 0 Å². The normalized spacial score (nSPS) is 21.3. The summed E-state index contributed by atoms with van der Waals surface area (Å²) in [4.78, 5) is 26.1. The second-order valence-electron chi connectivity index (χ2n) is 13.1. The van der Waals surface area contributed by atoms with Crippen molar-refractivity contribution in [2.24, 2.45) is 11.8 Å². The van der Waals surface area contributed by atoms with Gasteiger partial charge in [0.1, 0.15) is 0 Å². The summed E-state index contributed by atoms with van der Waals surface area (Å²) in [6.45, 7) is 8.75. The molecule has 2 aliphatic heterocycles. The first-order valence-corrected chi connectivity index (χ1v) is 16.6. The van der Waals surface area contributed by atoms with E-state index >= 15 is 0 Å². The number of fused-ring (bicyclic) bond motifs is 7. The van der Waals surface area contributed by atoms with Crippen molar-refractivity contribution >= 4 is 28.6 Å². The Balaban J connectivity index is 1.12. The molecule has 0 radical (unpaired) electrons. The highest BCUT2D eigenvalue weighted by Crippen LogP contribution is 2.43. The fourth-order valence-corrected chi connectivity index (χ4v) is 6.86. The average Bonchev–Trinajstić information content (AvgIpc) is 3.99. The van der Waals surface area contributed by atoms with Crippen molar-refractivity contribution in [2.45, 2.75) is 58.0 Å². The Hall–Kier alpha value is -3.96. The Kier molecular flexibility index (Phi) is 7.66. The molecule has 0 spiro atoms. The number of anilines is 2. The zero-order valence-electron chi connectivity index (χ0n) is 26.0. The lowest BCUT2D eigenvalue weighted by Gasteiger charge is -2.26. The number of carbonyl (C=O) groups is 1. The number of hydrogen-bond acceptors (Lipinski definition) is 8. The molecule has 236 valence electrons. The Morgan fingerprint density at radius 3 is 2.69 bits per heavy atom. The van der Waals surface area contributed by atoms with Gasteiger partial charge in [-0.25, -0.2) is 9.67 Å². The molecule has 0 unspecified atom stereocenters. The van der Waals surface area contributed by atoms with Gasteiger partial charge in [-0.1, -0.05) is 0 Å². The third-order valence-electron chi connectivity index (χ3n) is 9.63. The minimum atomic E-state index is -0.197. The molecule has 11 nitrogen and oxygen atoms in total. The van der Waals surface area contributed by atoms with Gasteiger partial charge in [0.15, 0.2) is 0 Å². The molecule has 3 aromatic heterocycles. The molecule has 4 aromatic rings. The van der Waals surface area contributed by atoms with Gasteiger partial charge in [0.05, 0.1) is 54.4 Å². The van der Waals surface area contributed by atoms with Crippen LogP contribution in [0.15, 0.2) is 36.5 Å². The van der Waals surface area contributed by atoms with E-state index in [2.05, 4.69) is 43.4 Å². The van der Waals surface area contributed by atoms with Crippen LogP contribution in [-0.2, 0) is 11.3 Å². The number of nitrogens with zero attached hydrogens (tertiary/aromatic N) is 6. The second kappa shape index (κ2) is 12.1. The first-order valence-electron chi connectivity index (χ1n) is 16.6. The smallest absolute Gasteiger partial charge is 0.258 e. The van der Waals surface area contributed by atoms with Gasteiger partial charge < -0.3 is 19.4 Å². The van der Waals surface area contributed by atoms with Crippen LogP contribution in [0, 0.1) is 18.8 Å². The molecule has 2 aliphatic carbocycles. The van der Waals surface area contributed by atoms with Crippen LogP contribution >= 0.6 is 0 Å². The van der Waals surface area contributed by atoms with Crippen LogP contribution in [0.3, 0.4) is 0 Å². The fourth-order valence-electron chi connectivity index (χ4n) is 6.86. The number of ether oxygens (including phenoxy) is 2. The van der Waals surface area contributed by atoms with Crippen LogP contribution in [-0.4, -0.2) is 81.1 Å². The quantitative estimate of drug-likeness (QED) is 0.309. The van der Waals surface area contributed by atoms with Gasteiger partial charge in [0.2, 0.25) is 11.8 Å². The van der Waals surface area contributed by atoms with Crippen molar-refractivity contribution in [3.8, 4) is 17.1 Å². The summed E-state index contributed by atoms with van der Waals surface area (Å²) in [7, 11) is 0. The molecule has 1 saturated heterocycles. The Labute approximate surface area is 263 Å². The molecule has 2 saturated carbocycles. The molecule has 1 amide bonds. The van der Waals surface area contributed by atoms with Crippen LogP contribution in [0.5, 0.6) is 5.88 Å². The number of aromatic nitrogens is 5. The third-order valence-corrected chi connectivity index (χ3v) is 9.63. The topological polar surface area (TPSA) is 111 Å². The number of amides is 1. The van der Waals surface area contributed by atoms with E-state index in [0.717, 1.165) is 105 Å². The summed E-state index contributed by atoms with van der Waals surface area (Å²) in [5.74, 6) is 2.34. The van der Waals surface area contributed by atoms with E-state index < -0.39 is 0 Å². The molecule has 11 heteroatoms. The number of benzene rings is 1. The number of hydrogen-bond donors (Lipinski definition) is 2. The zero-order chi connectivity index (χ0) is 30.3. The predicted octanol–water partition coefficient (Wildman–Crippen LogP) is 5.13. The summed E-state index contributed by atoms with van der Waals surface area (Å²) in [6, 6.07) is 10.4. The van der Waals surface area contributed by atoms with Gasteiger partial charge in [0.25, 0.3) is 5.91 Å². The van der Waals surface area contributed by atoms with Crippen molar-refractivity contribution in [3.05, 3.63) is 47.8 Å². The van der Waals surface area contributed by atoms with E-state index in [9.17, 15) is 4.79 Å². The average molecular weight is 611 g/mol. The Morgan fingerprint density at radius 2 is 1.87 bits per heavy atom. The lowest BCUT2D eigenvalue weighted by atomic mass is 9.97. The monoisotopic (exact) mass is 610 g/mol. The number of carbonyl (C=O) groups excluding carboxylic acids is 1. The van der Waals surface area contributed by atoms with E-state index in [1.165, 1.54) is 12.8 Å². The van der Waals surface area contributed by atoms with Gasteiger partial charge in [-0.15, -0.1) is 0 Å². The lowest BCUT2D eigenvalue weighted by molar-refractivity contribution is 0.0398. The van der Waals surface area contributed by atoms with Crippen molar-refractivity contribution < 1.29 is 14.3 Å². The van der Waals surface area contributed by atoms with Gasteiger partial charge in [-0.05, 0) is 87.6 Å². The molecule has 2 N–H and O–H groups in total. The van der Waals surface area contributed by atoms with Gasteiger partial charge in [0, 0.05) is 49.7 Å². The molecular formula is C34H42N8O3. The second-order valence-corrected chi connectivity index (χ2v) is 13.1. The fraction of sp³-hybridized carbons (Fsp3) is 0.529. The number of pyridine rings is 1. The van der Waals surface area contributed by atoms with Crippen LogP contribution < -0.4 is 15.4 Å². The summed E-state index contributed by atoms with van der Waals surface area (Å²) in [6.07, 6.45) is 8.58. The predicted molar refractivity (Wildman–Crippen MR) is 173 cm³/mol. The maximum Gasteiger partial charge on any atom is 0.258 e. The summed E-state index contributed by atoms with van der Waals surface area (Å²) in [5, 5.41) is 11.5. The maximum atomic E-state index is 13.9. The van der Waals surface area contributed by atoms with Crippen LogP contribution in [0.4, 0.5) is 11.6 Å². The summed E-state index contributed by atoms with van der Waals surface area (Å²) in [5.41, 5.74) is 5.81. The van der Waals surface area contributed by atoms with Gasteiger partial charge in [-0.2, -0.15) is 5.10 Å². The van der Waals surface area contributed by atoms with E-state index in [4.69, 9.17) is 19.4 Å². The van der Waals surface area contributed by atoms with Crippen molar-refractivity contribution in [1.29, 1.82) is 0 Å². The molecule has 1 atom stereocenters. The number of rotatable bonds is 6. The molecule has 2 bridgehead atoms. The van der Waals surface area contributed by atoms with Crippen LogP contribution in [0.1, 0.15) is 60.6 Å². The van der Waals surface area contributed by atoms with E-state index in [-0.39, 0.29) is 5.91 Å². The van der Waals surface area contributed by atoms with Gasteiger partial charge in [-0.3, -0.25) is 20.0 Å². The molecule has 1 aromatic carbocycles. The van der Waals surface area contributed by atoms with Crippen LogP contribution in [0.2, 0.25) is 0 Å². The highest BCUT2D eigenvalue weighted by atomic mass is 16.5. The number of nitrogens with one attached hydrogen (secondary N) is 2. The van der Waals surface area contributed by atoms with E-state index in [1.54, 1.807) is 0 Å². The van der Waals surface area contributed by atoms with Crippen molar-refractivity contribution in [2.75, 3.05) is 56.6 Å². The molecular weight excluding hydrogens is 568 g/mol. The molecule has 5 heterocycles. The van der Waals surface area contributed by atoms with E-state index in [0.29, 0.717) is 41.7 Å². The number of aryl methyl sites for hydroxylation is 1. The maximum absolute atomic E-state index is 13.9. The van der Waals surface area contributed by atoms with Crippen LogP contribution in [0.25, 0.3) is 22.3 Å². The van der Waals surface area contributed by atoms with E-state index in [1.807, 2.05) is 29.9 Å². The lowest BCUT2D eigenvalue weighted by Crippen LogP contribution is -2.38. The number of imidazole rings is 1. The highest BCUT2D eigenvalue weighted by molar-refractivity contribution is 6.05.